The van der Waals surface area contributed by atoms with E-state index in [-0.39, 0.29) is 11.9 Å². The summed E-state index contributed by atoms with van der Waals surface area (Å²) in [4.78, 5) is 16.1. The summed E-state index contributed by atoms with van der Waals surface area (Å²) < 4.78 is 5.67. The molecule has 0 bridgehead atoms. The van der Waals surface area contributed by atoms with Gasteiger partial charge >= 0.3 is 0 Å². The molecule has 2 aromatic rings. The topological polar surface area (TPSA) is 81.1 Å². The van der Waals surface area contributed by atoms with Crippen LogP contribution in [0.1, 0.15) is 25.2 Å². The van der Waals surface area contributed by atoms with Crippen LogP contribution in [0.2, 0.25) is 10.0 Å². The van der Waals surface area contributed by atoms with Crippen molar-refractivity contribution in [1.29, 1.82) is 0 Å². The standard InChI is InChI=1S/C17H19Cl2N3O2/c18-11-3-4-12(13(19)7-11)15-9-22-17(24-15)6-5-16(23)21-8-14(20)10-1-2-10/h3-4,7,9-10,14H,1-2,5-6,8,20H2,(H,21,23). The van der Waals surface area contributed by atoms with Crippen molar-refractivity contribution in [2.75, 3.05) is 6.54 Å². The number of aryl methyl sites for hydroxylation is 1. The molecular formula is C17H19Cl2N3O2. The van der Waals surface area contributed by atoms with Crippen molar-refractivity contribution in [2.24, 2.45) is 11.7 Å². The lowest BCUT2D eigenvalue weighted by Crippen LogP contribution is -2.38. The Morgan fingerprint density at radius 2 is 2.21 bits per heavy atom. The molecule has 1 aromatic carbocycles. The van der Waals surface area contributed by atoms with Crippen LogP contribution in [0.5, 0.6) is 0 Å². The maximum Gasteiger partial charge on any atom is 0.220 e. The second kappa shape index (κ2) is 7.55. The minimum Gasteiger partial charge on any atom is -0.441 e. The van der Waals surface area contributed by atoms with Crippen LogP contribution in [-0.2, 0) is 11.2 Å². The highest BCUT2D eigenvalue weighted by Gasteiger charge is 2.28. The summed E-state index contributed by atoms with van der Waals surface area (Å²) in [6.45, 7) is 0.528. The highest BCUT2D eigenvalue weighted by molar-refractivity contribution is 6.36. The van der Waals surface area contributed by atoms with Crippen molar-refractivity contribution in [3.8, 4) is 11.3 Å². The number of nitrogens with two attached hydrogens (primary N) is 1. The van der Waals surface area contributed by atoms with Crippen LogP contribution < -0.4 is 11.1 Å². The van der Waals surface area contributed by atoms with Gasteiger partial charge in [-0.1, -0.05) is 23.2 Å². The van der Waals surface area contributed by atoms with E-state index in [1.165, 1.54) is 12.8 Å². The van der Waals surface area contributed by atoms with Gasteiger partial charge in [-0.15, -0.1) is 0 Å². The van der Waals surface area contributed by atoms with E-state index < -0.39 is 0 Å². The second-order valence-electron chi connectivity index (χ2n) is 6.05. The summed E-state index contributed by atoms with van der Waals surface area (Å²) in [5.41, 5.74) is 6.68. The zero-order valence-corrected chi connectivity index (χ0v) is 14.6. The summed E-state index contributed by atoms with van der Waals surface area (Å²) in [6, 6.07) is 5.23. The zero-order valence-electron chi connectivity index (χ0n) is 13.1. The molecule has 1 amide bonds. The van der Waals surface area contributed by atoms with E-state index in [9.17, 15) is 4.79 Å². The third kappa shape index (κ3) is 4.50. The van der Waals surface area contributed by atoms with E-state index >= 15 is 0 Å². The van der Waals surface area contributed by atoms with Crippen LogP contribution in [0.15, 0.2) is 28.8 Å². The van der Waals surface area contributed by atoms with E-state index in [4.69, 9.17) is 33.4 Å². The third-order valence-electron chi connectivity index (χ3n) is 4.08. The van der Waals surface area contributed by atoms with Gasteiger partial charge < -0.3 is 15.5 Å². The molecule has 24 heavy (non-hydrogen) atoms. The van der Waals surface area contributed by atoms with Crippen molar-refractivity contribution in [3.63, 3.8) is 0 Å². The lowest BCUT2D eigenvalue weighted by Gasteiger charge is -2.10. The van der Waals surface area contributed by atoms with Gasteiger partial charge in [0.25, 0.3) is 0 Å². The van der Waals surface area contributed by atoms with Crippen molar-refractivity contribution < 1.29 is 9.21 Å². The Bertz CT molecular complexity index is 728. The molecule has 0 aliphatic heterocycles. The van der Waals surface area contributed by atoms with Gasteiger partial charge in [0, 0.05) is 36.0 Å². The largest absolute Gasteiger partial charge is 0.441 e. The van der Waals surface area contributed by atoms with E-state index in [1.807, 2.05) is 0 Å². The van der Waals surface area contributed by atoms with Crippen molar-refractivity contribution >= 4 is 29.1 Å². The predicted octanol–water partition coefficient (Wildman–Crippen LogP) is 3.43. The summed E-state index contributed by atoms with van der Waals surface area (Å²) in [5.74, 6) is 1.58. The number of carbonyl (C=O) groups is 1. The number of nitrogens with one attached hydrogen (secondary N) is 1. The fraction of sp³-hybridized carbons (Fsp3) is 0.412. The molecule has 1 unspecified atom stereocenters. The van der Waals surface area contributed by atoms with Crippen LogP contribution in [-0.4, -0.2) is 23.5 Å². The first-order valence-electron chi connectivity index (χ1n) is 7.95. The van der Waals surface area contributed by atoms with Gasteiger partial charge in [0.1, 0.15) is 0 Å². The normalized spacial score (nSPS) is 15.3. The van der Waals surface area contributed by atoms with Crippen LogP contribution in [0.25, 0.3) is 11.3 Å². The second-order valence-corrected chi connectivity index (χ2v) is 6.89. The van der Waals surface area contributed by atoms with Crippen LogP contribution in [0.4, 0.5) is 0 Å². The molecule has 5 nitrogen and oxygen atoms in total. The average Bonchev–Trinajstić information content (AvgIpc) is 3.30. The average molecular weight is 368 g/mol. The zero-order chi connectivity index (χ0) is 17.1. The highest BCUT2D eigenvalue weighted by Crippen LogP contribution is 2.31. The molecule has 0 spiro atoms. The Balaban J connectivity index is 1.51. The number of halogens is 2. The minimum atomic E-state index is -0.0459. The summed E-state index contributed by atoms with van der Waals surface area (Å²) in [5, 5.41) is 3.92. The maximum absolute atomic E-state index is 11.9. The molecule has 1 aliphatic rings. The minimum absolute atomic E-state index is 0.0459. The molecule has 3 N–H and O–H groups in total. The van der Waals surface area contributed by atoms with Crippen LogP contribution >= 0.6 is 23.2 Å². The lowest BCUT2D eigenvalue weighted by atomic mass is 10.2. The SMILES string of the molecule is NC(CNC(=O)CCc1ncc(-c2ccc(Cl)cc2Cl)o1)C1CC1. The van der Waals surface area contributed by atoms with Crippen molar-refractivity contribution in [2.45, 2.75) is 31.7 Å². The summed E-state index contributed by atoms with van der Waals surface area (Å²) in [7, 11) is 0. The number of benzene rings is 1. The number of hydrogen-bond acceptors (Lipinski definition) is 4. The molecule has 0 radical (unpaired) electrons. The highest BCUT2D eigenvalue weighted by atomic mass is 35.5. The van der Waals surface area contributed by atoms with Gasteiger partial charge in [0.15, 0.2) is 11.7 Å². The molecule has 128 valence electrons. The summed E-state index contributed by atoms with van der Waals surface area (Å²) >= 11 is 12.0. The number of oxazole rings is 1. The Labute approximate surface area is 150 Å². The number of nitrogens with zero attached hydrogens (tertiary/aromatic N) is 1. The molecule has 1 heterocycles. The van der Waals surface area contributed by atoms with Crippen molar-refractivity contribution in [1.82, 2.24) is 10.3 Å². The fourth-order valence-corrected chi connectivity index (χ4v) is 2.97. The van der Waals surface area contributed by atoms with Crippen LogP contribution in [0, 0.1) is 5.92 Å². The van der Waals surface area contributed by atoms with Crippen molar-refractivity contribution in [3.05, 3.63) is 40.3 Å². The van der Waals surface area contributed by atoms with Crippen LogP contribution in [0.3, 0.4) is 0 Å². The molecule has 0 saturated heterocycles. The van der Waals surface area contributed by atoms with E-state index in [0.717, 1.165) is 5.56 Å². The Morgan fingerprint density at radius 3 is 2.92 bits per heavy atom. The lowest BCUT2D eigenvalue weighted by molar-refractivity contribution is -0.121. The van der Waals surface area contributed by atoms with Gasteiger partial charge in [-0.3, -0.25) is 4.79 Å². The first-order chi connectivity index (χ1) is 11.5. The number of rotatable bonds is 7. The molecule has 1 saturated carbocycles. The van der Waals surface area contributed by atoms with Gasteiger partial charge in [-0.25, -0.2) is 4.98 Å². The fourth-order valence-electron chi connectivity index (χ4n) is 2.47. The molecule has 1 aromatic heterocycles. The maximum atomic E-state index is 11.9. The number of hydrogen-bond donors (Lipinski definition) is 2. The Hall–Kier alpha value is -1.56. The Kier molecular flexibility index (Phi) is 5.43. The van der Waals surface area contributed by atoms with Gasteiger partial charge in [-0.2, -0.15) is 0 Å². The van der Waals surface area contributed by atoms with Gasteiger partial charge in [0.05, 0.1) is 11.2 Å². The van der Waals surface area contributed by atoms with Gasteiger partial charge in [-0.05, 0) is 37.0 Å². The van der Waals surface area contributed by atoms with E-state index in [0.29, 0.717) is 47.0 Å². The molecule has 1 fully saturated rings. The monoisotopic (exact) mass is 367 g/mol. The predicted molar refractivity (Wildman–Crippen MR) is 94.0 cm³/mol. The molecule has 3 rings (SSSR count). The number of carbonyl (C=O) groups excluding carboxylic acids is 1. The van der Waals surface area contributed by atoms with Gasteiger partial charge in [0.2, 0.25) is 5.91 Å². The number of aromatic nitrogens is 1. The molecule has 7 heteroatoms. The third-order valence-corrected chi connectivity index (χ3v) is 4.63. The molecule has 1 atom stereocenters. The van der Waals surface area contributed by atoms with E-state index in [2.05, 4.69) is 10.3 Å². The summed E-state index contributed by atoms with van der Waals surface area (Å²) in [6.07, 6.45) is 4.68. The first kappa shape index (κ1) is 17.3. The quantitative estimate of drug-likeness (QED) is 0.785. The number of amides is 1. The first-order valence-corrected chi connectivity index (χ1v) is 8.71. The Morgan fingerprint density at radius 1 is 1.42 bits per heavy atom. The van der Waals surface area contributed by atoms with E-state index in [1.54, 1.807) is 24.4 Å². The smallest absolute Gasteiger partial charge is 0.220 e. The molecular weight excluding hydrogens is 349 g/mol. The molecule has 1 aliphatic carbocycles.